The average Bonchev–Trinajstić information content (AvgIpc) is 3.18. The highest BCUT2D eigenvalue weighted by Crippen LogP contribution is 2.36. The molecule has 2 amide bonds. The maximum atomic E-state index is 13.7. The lowest BCUT2D eigenvalue weighted by molar-refractivity contribution is -0.142. The van der Waals surface area contributed by atoms with Crippen LogP contribution >= 0.6 is 0 Å². The van der Waals surface area contributed by atoms with Crippen molar-refractivity contribution in [3.05, 3.63) is 52.6 Å². The van der Waals surface area contributed by atoms with Gasteiger partial charge in [0.1, 0.15) is 5.82 Å². The zero-order chi connectivity index (χ0) is 27.0. The van der Waals surface area contributed by atoms with Crippen molar-refractivity contribution in [2.75, 3.05) is 12.8 Å². The zero-order valence-electron chi connectivity index (χ0n) is 20.2. The van der Waals surface area contributed by atoms with Crippen LogP contribution in [-0.4, -0.2) is 47.7 Å². The number of rotatable bonds is 6. The number of carbonyl (C=O) groups is 2. The second kappa shape index (κ2) is 10.4. The number of sulfonamides is 1. The fraction of sp³-hybridized carbons (Fsp3) is 0.542. The molecule has 0 saturated heterocycles. The number of nitrogens with one attached hydrogen (secondary N) is 1. The van der Waals surface area contributed by atoms with Crippen LogP contribution in [0.2, 0.25) is 0 Å². The molecule has 0 radical (unpaired) electrons. The molecule has 0 unspecified atom stereocenters. The maximum Gasteiger partial charge on any atom is 0.435 e. The summed E-state index contributed by atoms with van der Waals surface area (Å²) in [5.41, 5.74) is 0.0245. The van der Waals surface area contributed by atoms with Crippen LogP contribution in [0.5, 0.6) is 0 Å². The third-order valence-electron chi connectivity index (χ3n) is 6.97. The first-order chi connectivity index (χ1) is 17.3. The second-order valence-corrected chi connectivity index (χ2v) is 11.5. The van der Waals surface area contributed by atoms with Crippen LogP contribution in [0.25, 0.3) is 0 Å². The van der Waals surface area contributed by atoms with Crippen molar-refractivity contribution < 1.29 is 35.6 Å². The molecule has 8 nitrogen and oxygen atoms in total. The molecule has 202 valence electrons. The molecule has 0 atom stereocenters. The quantitative estimate of drug-likeness (QED) is 0.563. The molecule has 1 aliphatic heterocycles. The number of nitrogens with zero attached hydrogens (tertiary/aromatic N) is 3. The fourth-order valence-electron chi connectivity index (χ4n) is 5.09. The molecule has 1 aliphatic carbocycles. The zero-order valence-corrected chi connectivity index (χ0v) is 21.0. The Balaban J connectivity index is 1.42. The normalized spacial score (nSPS) is 20.4. The van der Waals surface area contributed by atoms with E-state index in [0.29, 0.717) is 36.9 Å². The summed E-state index contributed by atoms with van der Waals surface area (Å²) in [6.45, 7) is 0.147. The monoisotopic (exact) mass is 544 g/mol. The van der Waals surface area contributed by atoms with Crippen LogP contribution in [0.15, 0.2) is 24.3 Å². The maximum absolute atomic E-state index is 13.7. The van der Waals surface area contributed by atoms with Crippen molar-refractivity contribution in [2.45, 2.75) is 57.8 Å². The summed E-state index contributed by atoms with van der Waals surface area (Å²) in [6.07, 6.45) is -1.41. The topological polar surface area (TPSA) is 101 Å². The Labute approximate surface area is 212 Å². The largest absolute Gasteiger partial charge is 0.435 e. The molecule has 37 heavy (non-hydrogen) atoms. The first kappa shape index (κ1) is 27.1. The lowest BCUT2D eigenvalue weighted by atomic mass is 9.80. The summed E-state index contributed by atoms with van der Waals surface area (Å²) >= 11 is 0. The molecule has 2 heterocycles. The second-order valence-electron chi connectivity index (χ2n) is 9.78. The summed E-state index contributed by atoms with van der Waals surface area (Å²) in [5, 5.41) is 3.82. The van der Waals surface area contributed by atoms with Gasteiger partial charge in [-0.2, -0.15) is 18.3 Å². The Morgan fingerprint density at radius 1 is 1.11 bits per heavy atom. The van der Waals surface area contributed by atoms with Gasteiger partial charge in [-0.15, -0.1) is 0 Å². The van der Waals surface area contributed by atoms with Gasteiger partial charge in [-0.1, -0.05) is 12.1 Å². The highest BCUT2D eigenvalue weighted by atomic mass is 32.2. The smallest absolute Gasteiger partial charge is 0.336 e. The number of fused-ring (bicyclic) bond motifs is 1. The molecule has 0 bridgehead atoms. The molecule has 13 heteroatoms. The van der Waals surface area contributed by atoms with Gasteiger partial charge in [0.15, 0.2) is 5.69 Å². The van der Waals surface area contributed by atoms with E-state index >= 15 is 0 Å². The van der Waals surface area contributed by atoms with E-state index in [2.05, 4.69) is 5.10 Å². The summed E-state index contributed by atoms with van der Waals surface area (Å²) < 4.78 is 80.0. The van der Waals surface area contributed by atoms with Crippen LogP contribution in [0.4, 0.5) is 17.6 Å². The summed E-state index contributed by atoms with van der Waals surface area (Å²) in [6, 6.07) is 5.42. The molecule has 4 rings (SSSR count). The first-order valence-corrected chi connectivity index (χ1v) is 13.9. The van der Waals surface area contributed by atoms with Gasteiger partial charge in [0.05, 0.1) is 25.0 Å². The Morgan fingerprint density at radius 2 is 1.76 bits per heavy atom. The third kappa shape index (κ3) is 6.68. The van der Waals surface area contributed by atoms with Gasteiger partial charge in [-0.3, -0.25) is 19.0 Å². The minimum atomic E-state index is -4.63. The highest BCUT2D eigenvalue weighted by Gasteiger charge is 2.41. The van der Waals surface area contributed by atoms with Gasteiger partial charge in [-0.25, -0.2) is 12.8 Å². The van der Waals surface area contributed by atoms with E-state index < -0.39 is 39.5 Å². The van der Waals surface area contributed by atoms with Crippen molar-refractivity contribution in [1.82, 2.24) is 19.4 Å². The van der Waals surface area contributed by atoms with Gasteiger partial charge >= 0.3 is 6.18 Å². The Bertz CT molecular complexity index is 1270. The predicted octanol–water partition coefficient (Wildman–Crippen LogP) is 3.25. The van der Waals surface area contributed by atoms with E-state index in [4.69, 9.17) is 0 Å². The number of hydrogen-bond acceptors (Lipinski definition) is 5. The number of halogens is 4. The van der Waals surface area contributed by atoms with Crippen molar-refractivity contribution >= 4 is 21.8 Å². The molecule has 2 aliphatic rings. The van der Waals surface area contributed by atoms with E-state index in [1.165, 1.54) is 33.8 Å². The lowest BCUT2D eigenvalue weighted by Gasteiger charge is -2.32. The standard InChI is InChI=1S/C24H28F4N4O4S/c1-37(35,36)30-23(34)17-6-2-15(3-7-17)12-21(33)31-11-10-19-20(14-31)32(29-22(19)24(26,27)28)13-16-4-8-18(25)9-5-16/h4-5,8-9,15,17H,2-3,6-7,10-14H2,1H3,(H,30,34)/t15-,17-. The molecule has 1 aromatic heterocycles. The van der Waals surface area contributed by atoms with Gasteiger partial charge in [-0.05, 0) is 55.7 Å². The molecular weight excluding hydrogens is 516 g/mol. The van der Waals surface area contributed by atoms with Gasteiger partial charge in [0.25, 0.3) is 0 Å². The number of amides is 2. The number of alkyl halides is 3. The van der Waals surface area contributed by atoms with Gasteiger partial charge in [0, 0.05) is 24.4 Å². The molecule has 1 saturated carbocycles. The third-order valence-corrected chi connectivity index (χ3v) is 7.54. The Hall–Kier alpha value is -2.96. The van der Waals surface area contributed by atoms with E-state index in [0.717, 1.165) is 6.26 Å². The number of benzene rings is 1. The van der Waals surface area contributed by atoms with Crippen LogP contribution in [0.3, 0.4) is 0 Å². The molecular formula is C24H28F4N4O4S. The van der Waals surface area contributed by atoms with Crippen LogP contribution < -0.4 is 4.72 Å². The minimum absolute atomic E-state index is 0.00560. The summed E-state index contributed by atoms with van der Waals surface area (Å²) in [4.78, 5) is 26.7. The van der Waals surface area contributed by atoms with Crippen molar-refractivity contribution in [1.29, 1.82) is 0 Å². The molecule has 2 aromatic rings. The summed E-state index contributed by atoms with van der Waals surface area (Å²) in [5.74, 6) is -1.60. The van der Waals surface area contributed by atoms with Gasteiger partial charge < -0.3 is 4.90 Å². The minimum Gasteiger partial charge on any atom is -0.336 e. The highest BCUT2D eigenvalue weighted by molar-refractivity contribution is 7.89. The Morgan fingerprint density at radius 3 is 2.35 bits per heavy atom. The first-order valence-electron chi connectivity index (χ1n) is 12.0. The number of aromatic nitrogens is 2. The molecule has 0 spiro atoms. The van der Waals surface area contributed by atoms with Crippen molar-refractivity contribution in [2.24, 2.45) is 11.8 Å². The SMILES string of the molecule is CS(=O)(=O)NC(=O)[C@H]1CC[C@H](CC(=O)N2CCc3c(C(F)(F)F)nn(Cc4ccc(F)cc4)c3C2)CC1. The van der Waals surface area contributed by atoms with Crippen LogP contribution in [0, 0.1) is 17.7 Å². The Kier molecular flexibility index (Phi) is 7.63. The number of hydrogen-bond donors (Lipinski definition) is 1. The van der Waals surface area contributed by atoms with Crippen LogP contribution in [0.1, 0.15) is 54.6 Å². The van der Waals surface area contributed by atoms with Crippen molar-refractivity contribution in [3.8, 4) is 0 Å². The predicted molar refractivity (Wildman–Crippen MR) is 125 cm³/mol. The number of carbonyl (C=O) groups excluding carboxylic acids is 2. The van der Waals surface area contributed by atoms with Gasteiger partial charge in [0.2, 0.25) is 21.8 Å². The van der Waals surface area contributed by atoms with E-state index in [-0.39, 0.29) is 49.9 Å². The fourth-order valence-corrected chi connectivity index (χ4v) is 5.62. The van der Waals surface area contributed by atoms with E-state index in [1.54, 1.807) is 0 Å². The molecule has 1 fully saturated rings. The molecule has 1 N–H and O–H groups in total. The van der Waals surface area contributed by atoms with Crippen LogP contribution in [-0.2, 0) is 45.3 Å². The van der Waals surface area contributed by atoms with E-state index in [1.807, 2.05) is 4.72 Å². The van der Waals surface area contributed by atoms with E-state index in [9.17, 15) is 35.6 Å². The van der Waals surface area contributed by atoms with Crippen molar-refractivity contribution in [3.63, 3.8) is 0 Å². The summed E-state index contributed by atoms with van der Waals surface area (Å²) in [7, 11) is -3.63. The molecule has 1 aromatic carbocycles. The average molecular weight is 545 g/mol. The lowest BCUT2D eigenvalue weighted by Crippen LogP contribution is -2.39.